The van der Waals surface area contributed by atoms with E-state index in [9.17, 15) is 18.8 Å². The molecule has 0 fully saturated rings. The summed E-state index contributed by atoms with van der Waals surface area (Å²) in [5, 5.41) is 8.10. The molecular weight excluding hydrogens is 411 g/mol. The summed E-state index contributed by atoms with van der Waals surface area (Å²) in [5.41, 5.74) is 2.17. The number of anilines is 3. The van der Waals surface area contributed by atoms with Crippen LogP contribution in [-0.4, -0.2) is 30.4 Å². The van der Waals surface area contributed by atoms with Crippen molar-refractivity contribution in [1.82, 2.24) is 5.32 Å². The van der Waals surface area contributed by atoms with Crippen molar-refractivity contribution >= 4 is 34.9 Å². The molecule has 0 saturated heterocycles. The zero-order valence-electron chi connectivity index (χ0n) is 17.0. The second-order valence-corrected chi connectivity index (χ2v) is 7.34. The molecule has 162 valence electrons. The molecule has 7 nitrogen and oxygen atoms in total. The smallest absolute Gasteiger partial charge is 0.323 e. The third-order valence-corrected chi connectivity index (χ3v) is 5.00. The van der Waals surface area contributed by atoms with Gasteiger partial charge in [-0.05, 0) is 35.9 Å². The number of para-hydroxylation sites is 2. The summed E-state index contributed by atoms with van der Waals surface area (Å²) in [6, 6.07) is 20.1. The molecular formula is C24H21FN4O3. The lowest BCUT2D eigenvalue weighted by atomic mass is 10.1. The Kier molecular flexibility index (Phi) is 6.12. The molecule has 4 rings (SSSR count). The van der Waals surface area contributed by atoms with Crippen molar-refractivity contribution in [2.24, 2.45) is 0 Å². The maximum Gasteiger partial charge on any atom is 0.323 e. The van der Waals surface area contributed by atoms with E-state index in [2.05, 4.69) is 16.0 Å². The monoisotopic (exact) mass is 432 g/mol. The Hall–Kier alpha value is -4.20. The van der Waals surface area contributed by atoms with Gasteiger partial charge < -0.3 is 16.0 Å². The van der Waals surface area contributed by atoms with Crippen molar-refractivity contribution in [3.8, 4) is 0 Å². The summed E-state index contributed by atoms with van der Waals surface area (Å²) in [6.45, 7) is -0.174. The lowest BCUT2D eigenvalue weighted by Crippen LogP contribution is -2.53. The van der Waals surface area contributed by atoms with Gasteiger partial charge in [0.05, 0.1) is 11.4 Å². The average Bonchev–Trinajstić information content (AvgIpc) is 2.78. The fourth-order valence-electron chi connectivity index (χ4n) is 3.50. The van der Waals surface area contributed by atoms with Crippen LogP contribution in [-0.2, 0) is 16.0 Å². The molecule has 32 heavy (non-hydrogen) atoms. The van der Waals surface area contributed by atoms with Crippen molar-refractivity contribution < 1.29 is 18.8 Å². The van der Waals surface area contributed by atoms with Gasteiger partial charge in [0.2, 0.25) is 11.8 Å². The van der Waals surface area contributed by atoms with Crippen LogP contribution in [0.3, 0.4) is 0 Å². The number of halogens is 1. The summed E-state index contributed by atoms with van der Waals surface area (Å²) >= 11 is 0. The standard InChI is InChI=1S/C24H21FN4O3/c25-17-9-6-10-18(14-17)26-23(31)20(13-16-7-2-1-3-8-16)28-24(32)29-15-22(30)27-19-11-4-5-12-21(19)29/h1-12,14,20H,13,15H2,(H,26,31)(H,27,30)(H,28,32). The zero-order valence-corrected chi connectivity index (χ0v) is 17.0. The number of nitrogens with zero attached hydrogens (tertiary/aromatic N) is 1. The van der Waals surface area contributed by atoms with E-state index < -0.39 is 23.8 Å². The highest BCUT2D eigenvalue weighted by Crippen LogP contribution is 2.28. The zero-order chi connectivity index (χ0) is 22.5. The Labute approximate surface area is 184 Å². The third kappa shape index (κ3) is 4.92. The molecule has 1 aliphatic rings. The highest BCUT2D eigenvalue weighted by molar-refractivity contribution is 6.10. The van der Waals surface area contributed by atoms with Gasteiger partial charge in [-0.15, -0.1) is 0 Å². The van der Waals surface area contributed by atoms with Crippen LogP contribution in [0.15, 0.2) is 78.9 Å². The highest BCUT2D eigenvalue weighted by atomic mass is 19.1. The Morgan fingerprint density at radius 2 is 1.75 bits per heavy atom. The van der Waals surface area contributed by atoms with Gasteiger partial charge in [0.1, 0.15) is 18.4 Å². The number of benzene rings is 3. The second kappa shape index (κ2) is 9.30. The SMILES string of the molecule is O=C1CN(C(=O)NC(Cc2ccccc2)C(=O)Nc2cccc(F)c2)c2ccccc2N1. The molecule has 8 heteroatoms. The minimum Gasteiger partial charge on any atom is -0.326 e. The van der Waals surface area contributed by atoms with Crippen LogP contribution in [0.1, 0.15) is 5.56 Å². The van der Waals surface area contributed by atoms with E-state index in [-0.39, 0.29) is 24.6 Å². The summed E-state index contributed by atoms with van der Waals surface area (Å²) in [7, 11) is 0. The van der Waals surface area contributed by atoms with Gasteiger partial charge in [-0.25, -0.2) is 9.18 Å². The summed E-state index contributed by atoms with van der Waals surface area (Å²) < 4.78 is 13.5. The van der Waals surface area contributed by atoms with Crippen LogP contribution in [0.25, 0.3) is 0 Å². The van der Waals surface area contributed by atoms with Crippen LogP contribution in [0.4, 0.5) is 26.2 Å². The van der Waals surface area contributed by atoms with E-state index >= 15 is 0 Å². The Balaban J connectivity index is 1.56. The van der Waals surface area contributed by atoms with Gasteiger partial charge in [-0.3, -0.25) is 14.5 Å². The molecule has 4 amide bonds. The van der Waals surface area contributed by atoms with Crippen molar-refractivity contribution in [2.45, 2.75) is 12.5 Å². The summed E-state index contributed by atoms with van der Waals surface area (Å²) in [6.07, 6.45) is 0.218. The number of hydrogen-bond donors (Lipinski definition) is 3. The minimum absolute atomic E-state index is 0.174. The summed E-state index contributed by atoms with van der Waals surface area (Å²) in [5.74, 6) is -1.31. The predicted octanol–water partition coefficient (Wildman–Crippen LogP) is 3.54. The maximum atomic E-state index is 13.5. The molecule has 0 aliphatic carbocycles. The molecule has 1 heterocycles. The normalized spacial score (nSPS) is 13.5. The molecule has 1 atom stereocenters. The molecule has 0 bridgehead atoms. The number of nitrogens with one attached hydrogen (secondary N) is 3. The molecule has 1 unspecified atom stereocenters. The molecule has 3 aromatic rings. The Morgan fingerprint density at radius 1 is 1.00 bits per heavy atom. The van der Waals surface area contributed by atoms with Gasteiger partial charge in [0.15, 0.2) is 0 Å². The maximum absolute atomic E-state index is 13.5. The highest BCUT2D eigenvalue weighted by Gasteiger charge is 2.30. The molecule has 1 aliphatic heterocycles. The molecule has 0 spiro atoms. The number of hydrogen-bond acceptors (Lipinski definition) is 3. The van der Waals surface area contributed by atoms with E-state index in [1.54, 1.807) is 30.3 Å². The van der Waals surface area contributed by atoms with Crippen LogP contribution < -0.4 is 20.9 Å². The van der Waals surface area contributed by atoms with E-state index in [1.165, 1.54) is 23.1 Å². The van der Waals surface area contributed by atoms with Gasteiger partial charge >= 0.3 is 6.03 Å². The van der Waals surface area contributed by atoms with Gasteiger partial charge in [0.25, 0.3) is 0 Å². The first-order valence-electron chi connectivity index (χ1n) is 10.1. The average molecular weight is 432 g/mol. The van der Waals surface area contributed by atoms with Gasteiger partial charge in [-0.2, -0.15) is 0 Å². The fourth-order valence-corrected chi connectivity index (χ4v) is 3.50. The lowest BCUT2D eigenvalue weighted by Gasteiger charge is -2.30. The van der Waals surface area contributed by atoms with Crippen LogP contribution >= 0.6 is 0 Å². The first kappa shape index (κ1) is 21.0. The van der Waals surface area contributed by atoms with E-state index in [0.29, 0.717) is 11.4 Å². The largest absolute Gasteiger partial charge is 0.326 e. The number of carbonyl (C=O) groups is 3. The molecule has 3 aromatic carbocycles. The van der Waals surface area contributed by atoms with E-state index in [1.807, 2.05) is 30.3 Å². The molecule has 0 radical (unpaired) electrons. The van der Waals surface area contributed by atoms with Crippen LogP contribution in [0.5, 0.6) is 0 Å². The number of amides is 4. The lowest BCUT2D eigenvalue weighted by molar-refractivity contribution is -0.118. The minimum atomic E-state index is -0.953. The van der Waals surface area contributed by atoms with Crippen molar-refractivity contribution in [3.63, 3.8) is 0 Å². The quantitative estimate of drug-likeness (QED) is 0.576. The number of urea groups is 1. The first-order chi connectivity index (χ1) is 15.5. The second-order valence-electron chi connectivity index (χ2n) is 7.34. The van der Waals surface area contributed by atoms with Crippen LogP contribution in [0, 0.1) is 5.82 Å². The summed E-state index contributed by atoms with van der Waals surface area (Å²) in [4.78, 5) is 39.5. The first-order valence-corrected chi connectivity index (χ1v) is 10.1. The number of rotatable bonds is 5. The topological polar surface area (TPSA) is 90.5 Å². The van der Waals surface area contributed by atoms with Crippen molar-refractivity contribution in [3.05, 3.63) is 90.2 Å². The number of carbonyl (C=O) groups excluding carboxylic acids is 3. The van der Waals surface area contributed by atoms with E-state index in [0.717, 1.165) is 5.56 Å². The predicted molar refractivity (Wildman–Crippen MR) is 120 cm³/mol. The van der Waals surface area contributed by atoms with Crippen molar-refractivity contribution in [1.29, 1.82) is 0 Å². The van der Waals surface area contributed by atoms with Crippen molar-refractivity contribution in [2.75, 3.05) is 22.1 Å². The Bertz CT molecular complexity index is 1150. The molecule has 0 saturated carbocycles. The fraction of sp³-hybridized carbons (Fsp3) is 0.125. The van der Waals surface area contributed by atoms with E-state index in [4.69, 9.17) is 0 Å². The van der Waals surface area contributed by atoms with Gasteiger partial charge in [0, 0.05) is 12.1 Å². The van der Waals surface area contributed by atoms with Gasteiger partial charge in [-0.1, -0.05) is 48.5 Å². The Morgan fingerprint density at radius 3 is 2.53 bits per heavy atom. The molecule has 0 aromatic heterocycles. The van der Waals surface area contributed by atoms with Crippen LogP contribution in [0.2, 0.25) is 0 Å². The molecule has 3 N–H and O–H groups in total. The number of fused-ring (bicyclic) bond motifs is 1. The third-order valence-electron chi connectivity index (χ3n) is 5.00.